The second-order valence-corrected chi connectivity index (χ2v) is 8.76. The summed E-state index contributed by atoms with van der Waals surface area (Å²) >= 11 is 7.19. The van der Waals surface area contributed by atoms with Crippen LogP contribution in [0.5, 0.6) is 0 Å². The number of amides is 2. The topological polar surface area (TPSA) is 88.2 Å². The third-order valence-electron chi connectivity index (χ3n) is 3.91. The summed E-state index contributed by atoms with van der Waals surface area (Å²) in [4.78, 5) is 40.9. The maximum Gasteiger partial charge on any atom is 0.418 e. The maximum atomic E-state index is 13.5. The smallest absolute Gasteiger partial charge is 0.324 e. The van der Waals surface area contributed by atoms with Gasteiger partial charge in [0, 0.05) is 17.1 Å². The van der Waals surface area contributed by atoms with Gasteiger partial charge in [0.25, 0.3) is 0 Å². The average Bonchev–Trinajstić information content (AvgIpc) is 3.12. The molecule has 1 aromatic carbocycles. The van der Waals surface area contributed by atoms with Gasteiger partial charge in [0.2, 0.25) is 11.8 Å². The lowest BCUT2D eigenvalue weighted by Crippen LogP contribution is -2.35. The van der Waals surface area contributed by atoms with Crippen LogP contribution < -0.4 is 10.6 Å². The maximum absolute atomic E-state index is 13.5. The summed E-state index contributed by atoms with van der Waals surface area (Å²) in [6.07, 6.45) is -4.13. The van der Waals surface area contributed by atoms with Crippen molar-refractivity contribution in [3.05, 3.63) is 40.9 Å². The monoisotopic (exact) mass is 461 g/mol. The largest absolute Gasteiger partial charge is 0.418 e. The zero-order valence-electron chi connectivity index (χ0n) is 16.3. The van der Waals surface area contributed by atoms with Crippen molar-refractivity contribution in [3.63, 3.8) is 0 Å². The van der Waals surface area contributed by atoms with Gasteiger partial charge >= 0.3 is 6.18 Å². The Morgan fingerprint density at radius 3 is 2.37 bits per heavy atom. The molecule has 2 aromatic rings. The Morgan fingerprint density at radius 2 is 1.83 bits per heavy atom. The van der Waals surface area contributed by atoms with Gasteiger partial charge in [-0.05, 0) is 17.5 Å². The predicted molar refractivity (Wildman–Crippen MR) is 109 cm³/mol. The van der Waals surface area contributed by atoms with Crippen molar-refractivity contribution >= 4 is 51.4 Å². The van der Waals surface area contributed by atoms with Gasteiger partial charge in [-0.1, -0.05) is 26.8 Å². The lowest BCUT2D eigenvalue weighted by atomic mass is 9.91. The number of carbonyl (C=O) groups is 3. The summed E-state index contributed by atoms with van der Waals surface area (Å²) in [5.74, 6) is -2.52. The number of hydrogen-bond donors (Lipinski definition) is 2. The normalized spacial score (nSPS) is 12.9. The highest BCUT2D eigenvalue weighted by molar-refractivity contribution is 7.13. The number of halogens is 4. The van der Waals surface area contributed by atoms with E-state index in [1.54, 1.807) is 26.2 Å². The molecule has 2 rings (SSSR count). The van der Waals surface area contributed by atoms with Crippen LogP contribution in [0.25, 0.3) is 0 Å². The van der Waals surface area contributed by atoms with Gasteiger partial charge in [-0.15, -0.1) is 22.9 Å². The van der Waals surface area contributed by atoms with Gasteiger partial charge in [-0.2, -0.15) is 13.2 Å². The van der Waals surface area contributed by atoms with E-state index in [9.17, 15) is 27.6 Å². The minimum atomic E-state index is -4.84. The van der Waals surface area contributed by atoms with Crippen molar-refractivity contribution in [2.75, 3.05) is 10.6 Å². The third kappa shape index (κ3) is 6.02. The molecule has 1 atom stereocenters. The van der Waals surface area contributed by atoms with E-state index < -0.39 is 57.8 Å². The van der Waals surface area contributed by atoms with Gasteiger partial charge in [-0.25, -0.2) is 4.98 Å². The van der Waals surface area contributed by atoms with Crippen LogP contribution in [-0.4, -0.2) is 28.0 Å². The van der Waals surface area contributed by atoms with E-state index in [1.165, 1.54) is 6.20 Å². The molecule has 30 heavy (non-hydrogen) atoms. The standard InChI is InChI=1S/C19H19ClF3N3O3S/c1-18(2,3)15(20)16(29)26-14-10(5-4-6-11(14)19(21,22)23)12(27)9-13(28)25-17-24-7-8-30-17/h4-8,15H,9H2,1-3H3,(H,26,29)(H,24,25,28). The second kappa shape index (κ2) is 9.13. The summed E-state index contributed by atoms with van der Waals surface area (Å²) < 4.78 is 40.5. The number of carbonyl (C=O) groups excluding carboxylic acids is 3. The molecule has 11 heteroatoms. The second-order valence-electron chi connectivity index (χ2n) is 7.43. The number of Topliss-reactive ketones (excluding diaryl/α,β-unsaturated/α-hetero) is 1. The molecular formula is C19H19ClF3N3O3S. The Labute approximate surface area is 179 Å². The molecule has 0 saturated heterocycles. The quantitative estimate of drug-likeness (QED) is 0.361. The summed E-state index contributed by atoms with van der Waals surface area (Å²) in [5.41, 5.74) is -3.11. The number of rotatable bonds is 6. The SMILES string of the molecule is CC(C)(C)C(Cl)C(=O)Nc1c(C(=O)CC(=O)Nc2nccs2)cccc1C(F)(F)F. The van der Waals surface area contributed by atoms with Crippen molar-refractivity contribution in [3.8, 4) is 0 Å². The van der Waals surface area contributed by atoms with Crippen LogP contribution in [0.15, 0.2) is 29.8 Å². The van der Waals surface area contributed by atoms with E-state index in [1.807, 2.05) is 0 Å². The average molecular weight is 462 g/mol. The molecule has 0 aliphatic rings. The molecule has 0 saturated carbocycles. The highest BCUT2D eigenvalue weighted by Gasteiger charge is 2.37. The molecular weight excluding hydrogens is 443 g/mol. The molecule has 6 nitrogen and oxygen atoms in total. The van der Waals surface area contributed by atoms with Crippen LogP contribution in [0.3, 0.4) is 0 Å². The number of anilines is 2. The summed E-state index contributed by atoms with van der Waals surface area (Å²) in [6.45, 7) is 4.94. The first-order valence-corrected chi connectivity index (χ1v) is 10.00. The van der Waals surface area contributed by atoms with E-state index in [4.69, 9.17) is 11.6 Å². The first-order valence-electron chi connectivity index (χ1n) is 8.68. The molecule has 1 aromatic heterocycles. The molecule has 162 valence electrons. The number of alkyl halides is 4. The van der Waals surface area contributed by atoms with Gasteiger partial charge < -0.3 is 10.6 Å². The Bertz CT molecular complexity index is 941. The van der Waals surface area contributed by atoms with Gasteiger partial charge in [0.15, 0.2) is 10.9 Å². The number of hydrogen-bond acceptors (Lipinski definition) is 5. The van der Waals surface area contributed by atoms with E-state index in [-0.39, 0.29) is 5.13 Å². The van der Waals surface area contributed by atoms with Crippen LogP contribution in [-0.2, 0) is 15.8 Å². The predicted octanol–water partition coefficient (Wildman–Crippen LogP) is 4.97. The summed E-state index contributed by atoms with van der Waals surface area (Å²) in [7, 11) is 0. The molecule has 0 radical (unpaired) electrons. The van der Waals surface area contributed by atoms with Crippen molar-refractivity contribution in [1.82, 2.24) is 4.98 Å². The number of nitrogens with zero attached hydrogens (tertiary/aromatic N) is 1. The highest BCUT2D eigenvalue weighted by atomic mass is 35.5. The van der Waals surface area contributed by atoms with Gasteiger partial charge in [0.05, 0.1) is 17.7 Å². The number of aromatic nitrogens is 1. The van der Waals surface area contributed by atoms with Crippen LogP contribution in [0, 0.1) is 5.41 Å². The van der Waals surface area contributed by atoms with Crippen LogP contribution >= 0.6 is 22.9 Å². The first kappa shape index (κ1) is 23.8. The molecule has 2 amide bonds. The molecule has 0 bridgehead atoms. The van der Waals surface area contributed by atoms with E-state index in [0.29, 0.717) is 0 Å². The van der Waals surface area contributed by atoms with Crippen LogP contribution in [0.4, 0.5) is 24.0 Å². The van der Waals surface area contributed by atoms with Gasteiger partial charge in [-0.3, -0.25) is 14.4 Å². The Balaban J connectivity index is 2.35. The van der Waals surface area contributed by atoms with E-state index in [2.05, 4.69) is 15.6 Å². The number of ketones is 1. The minimum Gasteiger partial charge on any atom is -0.324 e. The molecule has 0 spiro atoms. The summed E-state index contributed by atoms with van der Waals surface area (Å²) in [5, 5.41) is 5.22. The fraction of sp³-hybridized carbons (Fsp3) is 0.368. The van der Waals surface area contributed by atoms with Crippen LogP contribution in [0.1, 0.15) is 43.1 Å². The lowest BCUT2D eigenvalue weighted by molar-refractivity contribution is -0.137. The zero-order valence-corrected chi connectivity index (χ0v) is 17.8. The van der Waals surface area contributed by atoms with Gasteiger partial charge in [0.1, 0.15) is 5.38 Å². The van der Waals surface area contributed by atoms with Crippen molar-refractivity contribution < 1.29 is 27.6 Å². The van der Waals surface area contributed by atoms with Crippen molar-refractivity contribution in [1.29, 1.82) is 0 Å². The van der Waals surface area contributed by atoms with Crippen LogP contribution in [0.2, 0.25) is 0 Å². The number of nitrogens with one attached hydrogen (secondary N) is 2. The Kier molecular flexibility index (Phi) is 7.25. The molecule has 1 heterocycles. The van der Waals surface area contributed by atoms with Crippen molar-refractivity contribution in [2.45, 2.75) is 38.7 Å². The number of thiazole rings is 1. The first-order chi connectivity index (χ1) is 13.8. The summed E-state index contributed by atoms with van der Waals surface area (Å²) in [6, 6.07) is 2.89. The van der Waals surface area contributed by atoms with E-state index >= 15 is 0 Å². The molecule has 0 aliphatic heterocycles. The lowest BCUT2D eigenvalue weighted by Gasteiger charge is -2.25. The fourth-order valence-corrected chi connectivity index (χ4v) is 3.02. The Morgan fingerprint density at radius 1 is 1.17 bits per heavy atom. The molecule has 0 fully saturated rings. The fourth-order valence-electron chi connectivity index (χ4n) is 2.43. The number of para-hydroxylation sites is 1. The zero-order chi connectivity index (χ0) is 22.7. The number of benzene rings is 1. The Hall–Kier alpha value is -2.46. The molecule has 1 unspecified atom stereocenters. The molecule has 2 N–H and O–H groups in total. The third-order valence-corrected chi connectivity index (χ3v) is 5.45. The molecule has 0 aliphatic carbocycles. The minimum absolute atomic E-state index is 0.250. The highest BCUT2D eigenvalue weighted by Crippen LogP contribution is 2.38. The van der Waals surface area contributed by atoms with Crippen molar-refractivity contribution in [2.24, 2.45) is 5.41 Å². The van der Waals surface area contributed by atoms with E-state index in [0.717, 1.165) is 29.5 Å².